The van der Waals surface area contributed by atoms with Crippen LogP contribution in [0.1, 0.15) is 32.9 Å². The van der Waals surface area contributed by atoms with E-state index in [2.05, 4.69) is 11.2 Å². The molecule has 7 nitrogen and oxygen atoms in total. The normalized spacial score (nSPS) is 10.6. The van der Waals surface area contributed by atoms with Crippen LogP contribution in [0.15, 0.2) is 0 Å². The number of hydrogen-bond acceptors (Lipinski definition) is 5. The van der Waals surface area contributed by atoms with Gasteiger partial charge in [0.05, 0.1) is 17.4 Å². The molecule has 0 unspecified atom stereocenters. The van der Waals surface area contributed by atoms with Gasteiger partial charge >= 0.3 is 5.69 Å². The van der Waals surface area contributed by atoms with E-state index >= 15 is 0 Å². The number of nitro groups is 1. The molecule has 0 radical (unpaired) electrons. The van der Waals surface area contributed by atoms with E-state index in [1.165, 1.54) is 0 Å². The summed E-state index contributed by atoms with van der Waals surface area (Å²) >= 11 is 0. The molecule has 1 rings (SSSR count). The first-order valence-electron chi connectivity index (χ1n) is 6.76. The number of aromatic nitrogens is 2. The number of nitrogens with zero attached hydrogens (tertiary/aromatic N) is 5. The van der Waals surface area contributed by atoms with E-state index in [9.17, 15) is 10.1 Å². The topological polar surface area (TPSA) is 88.0 Å². The standard InChI is InChI=1S/C13H21N5O2/c1-5-17-13(12(18(19)20)11(4)15-17)16(8-6-7-14)9-10(2)3/h10H,5-6,8-9H2,1-4H3. The Morgan fingerprint density at radius 3 is 2.65 bits per heavy atom. The maximum atomic E-state index is 11.3. The minimum atomic E-state index is -0.385. The molecule has 0 N–H and O–H groups in total. The Morgan fingerprint density at radius 2 is 2.20 bits per heavy atom. The largest absolute Gasteiger partial charge is 0.350 e. The monoisotopic (exact) mass is 279 g/mol. The molecule has 0 atom stereocenters. The summed E-state index contributed by atoms with van der Waals surface area (Å²) in [5.41, 5.74) is 0.461. The SMILES string of the molecule is CCn1nc(C)c([N+](=O)[O-])c1N(CCC#N)CC(C)C. The smallest absolute Gasteiger partial charge is 0.333 e. The van der Waals surface area contributed by atoms with Crippen molar-refractivity contribution in [3.63, 3.8) is 0 Å². The Morgan fingerprint density at radius 1 is 1.55 bits per heavy atom. The van der Waals surface area contributed by atoms with Gasteiger partial charge in [0.15, 0.2) is 0 Å². The highest BCUT2D eigenvalue weighted by Crippen LogP contribution is 2.32. The van der Waals surface area contributed by atoms with E-state index in [-0.39, 0.29) is 10.6 Å². The van der Waals surface area contributed by atoms with Crippen molar-refractivity contribution in [3.05, 3.63) is 15.8 Å². The first-order valence-corrected chi connectivity index (χ1v) is 6.76. The first-order chi connectivity index (χ1) is 9.42. The molecule has 0 saturated carbocycles. The minimum Gasteiger partial charge on any atom is -0.350 e. The Balaban J connectivity index is 3.29. The lowest BCUT2D eigenvalue weighted by atomic mass is 10.2. The molecular formula is C13H21N5O2. The molecule has 0 aliphatic rings. The van der Waals surface area contributed by atoms with E-state index in [1.54, 1.807) is 11.6 Å². The third kappa shape index (κ3) is 3.47. The van der Waals surface area contributed by atoms with E-state index < -0.39 is 0 Å². The van der Waals surface area contributed by atoms with E-state index in [0.29, 0.717) is 43.5 Å². The zero-order valence-corrected chi connectivity index (χ0v) is 12.5. The molecule has 110 valence electrons. The van der Waals surface area contributed by atoms with Crippen molar-refractivity contribution in [1.82, 2.24) is 9.78 Å². The number of nitriles is 1. The summed E-state index contributed by atoms with van der Waals surface area (Å²) in [5, 5.41) is 24.3. The Bertz CT molecular complexity index is 516. The van der Waals surface area contributed by atoms with Crippen LogP contribution < -0.4 is 4.90 Å². The molecule has 1 aromatic heterocycles. The highest BCUT2D eigenvalue weighted by Gasteiger charge is 2.29. The maximum absolute atomic E-state index is 11.3. The lowest BCUT2D eigenvalue weighted by Gasteiger charge is -2.25. The second kappa shape index (κ2) is 6.89. The molecule has 20 heavy (non-hydrogen) atoms. The highest BCUT2D eigenvalue weighted by molar-refractivity contribution is 5.61. The second-order valence-corrected chi connectivity index (χ2v) is 5.08. The summed E-state index contributed by atoms with van der Waals surface area (Å²) in [6.45, 7) is 9.33. The van der Waals surface area contributed by atoms with Crippen LogP contribution in [-0.4, -0.2) is 27.8 Å². The van der Waals surface area contributed by atoms with Gasteiger partial charge in [-0.25, -0.2) is 4.68 Å². The van der Waals surface area contributed by atoms with Gasteiger partial charge in [-0.3, -0.25) is 10.1 Å². The molecule has 0 saturated heterocycles. The zero-order valence-electron chi connectivity index (χ0n) is 12.5. The van der Waals surface area contributed by atoms with Crippen LogP contribution in [0.5, 0.6) is 0 Å². The van der Waals surface area contributed by atoms with Gasteiger partial charge in [0, 0.05) is 19.6 Å². The maximum Gasteiger partial charge on any atom is 0.333 e. The average Bonchev–Trinajstić information content (AvgIpc) is 2.70. The van der Waals surface area contributed by atoms with Crippen LogP contribution in [0.25, 0.3) is 0 Å². The fourth-order valence-electron chi connectivity index (χ4n) is 2.22. The molecule has 0 bridgehead atoms. The lowest BCUT2D eigenvalue weighted by Crippen LogP contribution is -2.31. The summed E-state index contributed by atoms with van der Waals surface area (Å²) in [5.74, 6) is 0.854. The number of aryl methyl sites for hydroxylation is 2. The van der Waals surface area contributed by atoms with E-state index in [0.717, 1.165) is 0 Å². The van der Waals surface area contributed by atoms with Gasteiger partial charge in [0.2, 0.25) is 5.82 Å². The van der Waals surface area contributed by atoms with Crippen molar-refractivity contribution in [1.29, 1.82) is 5.26 Å². The quantitative estimate of drug-likeness (QED) is 0.565. The van der Waals surface area contributed by atoms with Crippen LogP contribution in [0.3, 0.4) is 0 Å². The zero-order chi connectivity index (χ0) is 15.3. The van der Waals surface area contributed by atoms with Gasteiger partial charge < -0.3 is 4.90 Å². The number of hydrogen-bond donors (Lipinski definition) is 0. The summed E-state index contributed by atoms with van der Waals surface area (Å²) < 4.78 is 1.65. The van der Waals surface area contributed by atoms with Gasteiger partial charge in [-0.2, -0.15) is 10.4 Å². The van der Waals surface area contributed by atoms with Crippen LogP contribution in [0.4, 0.5) is 11.5 Å². The molecule has 0 aliphatic heterocycles. The van der Waals surface area contributed by atoms with Crippen LogP contribution in [0, 0.1) is 34.3 Å². The molecule has 0 aromatic carbocycles. The molecule has 0 fully saturated rings. The van der Waals surface area contributed by atoms with Crippen molar-refractivity contribution < 1.29 is 4.92 Å². The van der Waals surface area contributed by atoms with Crippen molar-refractivity contribution in [2.75, 3.05) is 18.0 Å². The third-order valence-corrected chi connectivity index (χ3v) is 2.93. The summed E-state index contributed by atoms with van der Waals surface area (Å²) in [6.07, 6.45) is 0.331. The average molecular weight is 279 g/mol. The molecule has 0 spiro atoms. The second-order valence-electron chi connectivity index (χ2n) is 5.08. The number of rotatable bonds is 7. The Labute approximate surface area is 118 Å². The van der Waals surface area contributed by atoms with E-state index in [1.807, 2.05) is 25.7 Å². The molecule has 0 amide bonds. The highest BCUT2D eigenvalue weighted by atomic mass is 16.6. The Kier molecular flexibility index (Phi) is 5.50. The Hall–Kier alpha value is -2.10. The predicted octanol–water partition coefficient (Wildman–Crippen LogP) is 2.50. The minimum absolute atomic E-state index is 0.0467. The molecule has 1 heterocycles. The van der Waals surface area contributed by atoms with Crippen LogP contribution >= 0.6 is 0 Å². The third-order valence-electron chi connectivity index (χ3n) is 2.93. The summed E-state index contributed by atoms with van der Waals surface area (Å²) in [6, 6.07) is 2.09. The molecule has 7 heteroatoms. The van der Waals surface area contributed by atoms with Gasteiger partial charge in [-0.1, -0.05) is 13.8 Å². The van der Waals surface area contributed by atoms with Crippen molar-refractivity contribution in [2.45, 2.75) is 40.7 Å². The molecular weight excluding hydrogens is 258 g/mol. The van der Waals surface area contributed by atoms with Gasteiger partial charge in [0.1, 0.15) is 5.69 Å². The molecule has 0 aliphatic carbocycles. The fourth-order valence-corrected chi connectivity index (χ4v) is 2.22. The lowest BCUT2D eigenvalue weighted by molar-refractivity contribution is -0.384. The van der Waals surface area contributed by atoms with Crippen molar-refractivity contribution in [2.24, 2.45) is 5.92 Å². The van der Waals surface area contributed by atoms with E-state index in [4.69, 9.17) is 5.26 Å². The van der Waals surface area contributed by atoms with Crippen LogP contribution in [-0.2, 0) is 6.54 Å². The van der Waals surface area contributed by atoms with Crippen LogP contribution in [0.2, 0.25) is 0 Å². The fraction of sp³-hybridized carbons (Fsp3) is 0.692. The summed E-state index contributed by atoms with van der Waals surface area (Å²) in [4.78, 5) is 12.8. The predicted molar refractivity (Wildman–Crippen MR) is 76.6 cm³/mol. The molecule has 1 aromatic rings. The van der Waals surface area contributed by atoms with Gasteiger partial charge in [-0.05, 0) is 19.8 Å². The van der Waals surface area contributed by atoms with Gasteiger partial charge in [-0.15, -0.1) is 0 Å². The van der Waals surface area contributed by atoms with Crippen molar-refractivity contribution >= 4 is 11.5 Å². The first kappa shape index (κ1) is 16.0. The number of anilines is 1. The summed E-state index contributed by atoms with van der Waals surface area (Å²) in [7, 11) is 0. The van der Waals surface area contributed by atoms with Gasteiger partial charge in [0.25, 0.3) is 0 Å². The van der Waals surface area contributed by atoms with Crippen molar-refractivity contribution in [3.8, 4) is 6.07 Å².